The summed E-state index contributed by atoms with van der Waals surface area (Å²) in [5.41, 5.74) is -0.0433. The van der Waals surface area contributed by atoms with E-state index in [1.54, 1.807) is 39.8 Å². The second-order valence-corrected chi connectivity index (χ2v) is 8.81. The Hall–Kier alpha value is -3.66. The van der Waals surface area contributed by atoms with Crippen LogP contribution in [0.4, 0.5) is 10.5 Å². The van der Waals surface area contributed by atoms with E-state index in [9.17, 15) is 19.2 Å². The molecule has 0 aromatic heterocycles. The summed E-state index contributed by atoms with van der Waals surface area (Å²) in [6.07, 6.45) is -0.606. The Labute approximate surface area is 199 Å². The molecular formula is C23H24ClN3O7. The zero-order valence-electron chi connectivity index (χ0n) is 19.3. The number of anilines is 1. The summed E-state index contributed by atoms with van der Waals surface area (Å²) in [5, 5.41) is 5.06. The average Bonchev–Trinajstić information content (AvgIpc) is 2.75. The van der Waals surface area contributed by atoms with Crippen molar-refractivity contribution in [2.75, 3.05) is 19.0 Å². The number of hydrogen-bond acceptors (Lipinski definition) is 8. The molecule has 0 unspecified atom stereocenters. The fourth-order valence-electron chi connectivity index (χ4n) is 3.11. The van der Waals surface area contributed by atoms with Gasteiger partial charge in [0.1, 0.15) is 16.8 Å². The second kappa shape index (κ2) is 9.68. The molecule has 10 nitrogen and oxygen atoms in total. The van der Waals surface area contributed by atoms with E-state index in [4.69, 9.17) is 25.5 Å². The van der Waals surface area contributed by atoms with E-state index in [-0.39, 0.29) is 46.5 Å². The molecule has 0 saturated heterocycles. The van der Waals surface area contributed by atoms with Crippen molar-refractivity contribution in [1.82, 2.24) is 10.3 Å². The first-order valence-electron chi connectivity index (χ1n) is 10.3. The van der Waals surface area contributed by atoms with Crippen LogP contribution in [0.5, 0.6) is 0 Å². The minimum atomic E-state index is -0.899. The minimum absolute atomic E-state index is 0.00805. The largest absolute Gasteiger partial charge is 0.465 e. The Morgan fingerprint density at radius 1 is 1.21 bits per heavy atom. The molecule has 1 aromatic rings. The fraction of sp³-hybridized carbons (Fsp3) is 0.348. The number of methoxy groups -OCH3 is 1. The van der Waals surface area contributed by atoms with Gasteiger partial charge in [0, 0.05) is 30.3 Å². The molecule has 0 atom stereocenters. The van der Waals surface area contributed by atoms with Crippen LogP contribution in [0.15, 0.2) is 27.4 Å². The Kier molecular flexibility index (Phi) is 7.11. The molecule has 34 heavy (non-hydrogen) atoms. The summed E-state index contributed by atoms with van der Waals surface area (Å²) in [7, 11) is 1.14. The lowest BCUT2D eigenvalue weighted by Crippen LogP contribution is -2.34. The van der Waals surface area contributed by atoms with Gasteiger partial charge in [-0.05, 0) is 39.8 Å². The van der Waals surface area contributed by atoms with Crippen molar-refractivity contribution < 1.29 is 28.3 Å². The van der Waals surface area contributed by atoms with E-state index in [1.807, 2.05) is 0 Å². The van der Waals surface area contributed by atoms with E-state index in [1.165, 1.54) is 6.07 Å². The van der Waals surface area contributed by atoms with Gasteiger partial charge in [-0.2, -0.15) is 0 Å². The zero-order valence-corrected chi connectivity index (χ0v) is 20.1. The minimum Gasteiger partial charge on any atom is -0.465 e. The number of ether oxygens (including phenoxy) is 2. The maximum absolute atomic E-state index is 12.6. The molecule has 0 fully saturated rings. The number of amides is 2. The lowest BCUT2D eigenvalue weighted by molar-refractivity contribution is -0.116. The van der Waals surface area contributed by atoms with Crippen molar-refractivity contribution >= 4 is 46.4 Å². The van der Waals surface area contributed by atoms with Crippen LogP contribution in [0, 0.1) is 6.92 Å². The van der Waals surface area contributed by atoms with Crippen molar-refractivity contribution in [3.05, 3.63) is 44.6 Å². The average molecular weight is 490 g/mol. The summed E-state index contributed by atoms with van der Waals surface area (Å²) in [5.74, 6) is -1.32. The van der Waals surface area contributed by atoms with E-state index in [0.29, 0.717) is 16.8 Å². The summed E-state index contributed by atoms with van der Waals surface area (Å²) < 4.78 is 15.7. The maximum Gasteiger partial charge on any atom is 0.407 e. The summed E-state index contributed by atoms with van der Waals surface area (Å²) in [6.45, 7) is 6.90. The third-order valence-corrected chi connectivity index (χ3v) is 5.11. The number of alkyl carbamates (subject to hydrolysis) is 1. The first kappa shape index (κ1) is 25.0. The highest BCUT2D eigenvalue weighted by atomic mass is 35.5. The van der Waals surface area contributed by atoms with Crippen molar-refractivity contribution in [2.45, 2.75) is 39.7 Å². The normalized spacial score (nSPS) is 11.4. The van der Waals surface area contributed by atoms with Crippen LogP contribution in [0.1, 0.15) is 43.1 Å². The molecule has 0 bridgehead atoms. The number of aromatic nitrogens is 1. The van der Waals surface area contributed by atoms with Crippen molar-refractivity contribution in [1.29, 1.82) is 0 Å². The molecule has 11 heteroatoms. The number of hydrogen-bond donors (Lipinski definition) is 2. The molecule has 180 valence electrons. The predicted octanol–water partition coefficient (Wildman–Crippen LogP) is 3.89. The molecule has 1 aliphatic heterocycles. The second-order valence-electron chi connectivity index (χ2n) is 8.44. The molecule has 1 aromatic carbocycles. The van der Waals surface area contributed by atoms with Crippen molar-refractivity contribution in [2.24, 2.45) is 0 Å². The molecule has 1 heterocycles. The van der Waals surface area contributed by atoms with Crippen LogP contribution < -0.4 is 16.1 Å². The quantitative estimate of drug-likeness (QED) is 0.406. The molecule has 0 saturated carbocycles. The number of fused-ring (bicyclic) bond motifs is 2. The monoisotopic (exact) mass is 489 g/mol. The van der Waals surface area contributed by atoms with Crippen LogP contribution in [0.2, 0.25) is 5.02 Å². The highest BCUT2D eigenvalue weighted by Gasteiger charge is 2.28. The Morgan fingerprint density at radius 3 is 2.56 bits per heavy atom. The van der Waals surface area contributed by atoms with Crippen LogP contribution >= 0.6 is 11.6 Å². The van der Waals surface area contributed by atoms with Gasteiger partial charge in [0.25, 0.3) is 0 Å². The van der Waals surface area contributed by atoms with Gasteiger partial charge in [0.2, 0.25) is 11.3 Å². The molecule has 2 aliphatic rings. The Morgan fingerprint density at radius 2 is 1.91 bits per heavy atom. The topological polar surface area (TPSA) is 137 Å². The Bertz CT molecular complexity index is 1310. The van der Waals surface area contributed by atoms with Crippen molar-refractivity contribution in [3.63, 3.8) is 0 Å². The fourth-order valence-corrected chi connectivity index (χ4v) is 3.29. The van der Waals surface area contributed by atoms with Gasteiger partial charge < -0.3 is 24.5 Å². The van der Waals surface area contributed by atoms with Crippen molar-refractivity contribution in [3.8, 4) is 11.5 Å². The van der Waals surface area contributed by atoms with Crippen LogP contribution in [-0.2, 0) is 14.3 Å². The first-order valence-corrected chi connectivity index (χ1v) is 10.7. The maximum atomic E-state index is 12.6. The summed E-state index contributed by atoms with van der Waals surface area (Å²) in [6, 6.07) is 4.75. The number of carbonyl (C=O) groups excluding carboxylic acids is 3. The molecular weight excluding hydrogens is 466 g/mol. The molecule has 2 amide bonds. The van der Waals surface area contributed by atoms with E-state index in [0.717, 1.165) is 7.11 Å². The molecule has 0 spiro atoms. The van der Waals surface area contributed by atoms with Crippen LogP contribution in [-0.4, -0.2) is 42.2 Å². The number of rotatable bonds is 5. The SMILES string of the molecule is COC(=O)c1c2oc3cc(NC(=O)CCNC(=O)OC(C)(C)C)ccc3nc-2c(C)c(Cl)c1=O. The number of carbonyl (C=O) groups is 3. The van der Waals surface area contributed by atoms with Gasteiger partial charge in [0.05, 0.1) is 12.1 Å². The standard InChI is InChI=1S/C23H24ClN3O7/c1-11-17(24)19(29)16(21(30)32-5)20-18(11)27-13-7-6-12(10-14(13)33-20)26-15(28)8-9-25-22(31)34-23(2,3)4/h6-7,10H,8-9H2,1-5H3,(H,25,31)(H,26,28). The third-order valence-electron chi connectivity index (χ3n) is 4.65. The van der Waals surface area contributed by atoms with E-state index in [2.05, 4.69) is 15.6 Å². The molecule has 1 aliphatic carbocycles. The van der Waals surface area contributed by atoms with Gasteiger partial charge >= 0.3 is 12.1 Å². The first-order chi connectivity index (χ1) is 15.9. The molecule has 2 N–H and O–H groups in total. The van der Waals surface area contributed by atoms with Gasteiger partial charge in [0.15, 0.2) is 16.9 Å². The predicted molar refractivity (Wildman–Crippen MR) is 125 cm³/mol. The smallest absolute Gasteiger partial charge is 0.407 e. The number of benzene rings is 2. The van der Waals surface area contributed by atoms with Gasteiger partial charge in [-0.3, -0.25) is 9.59 Å². The van der Waals surface area contributed by atoms with Crippen LogP contribution in [0.3, 0.4) is 0 Å². The van der Waals surface area contributed by atoms with E-state index >= 15 is 0 Å². The molecule has 0 radical (unpaired) electrons. The zero-order chi connectivity index (χ0) is 25.2. The van der Waals surface area contributed by atoms with Crippen LogP contribution in [0.25, 0.3) is 22.6 Å². The number of halogens is 1. The number of esters is 1. The van der Waals surface area contributed by atoms with E-state index < -0.39 is 23.1 Å². The van der Waals surface area contributed by atoms with Gasteiger partial charge in [-0.25, -0.2) is 14.6 Å². The summed E-state index contributed by atoms with van der Waals surface area (Å²) >= 11 is 6.11. The van der Waals surface area contributed by atoms with Gasteiger partial charge in [-0.1, -0.05) is 11.6 Å². The third kappa shape index (κ3) is 5.45. The Balaban J connectivity index is 1.84. The van der Waals surface area contributed by atoms with Gasteiger partial charge in [-0.15, -0.1) is 0 Å². The highest BCUT2D eigenvalue weighted by Crippen LogP contribution is 2.33. The lowest BCUT2D eigenvalue weighted by Gasteiger charge is -2.19. The summed E-state index contributed by atoms with van der Waals surface area (Å²) in [4.78, 5) is 53.2. The molecule has 3 rings (SSSR count). The lowest BCUT2D eigenvalue weighted by atomic mass is 10.0. The number of nitrogens with zero attached hydrogens (tertiary/aromatic N) is 1. The number of nitrogens with one attached hydrogen (secondary N) is 2. The highest BCUT2D eigenvalue weighted by molar-refractivity contribution is 6.32.